The van der Waals surface area contributed by atoms with E-state index in [9.17, 15) is 4.39 Å². The van der Waals surface area contributed by atoms with Crippen LogP contribution in [-0.2, 0) is 0 Å². The first-order valence-corrected chi connectivity index (χ1v) is 8.78. The Bertz CT molecular complexity index is 919. The second-order valence-electron chi connectivity index (χ2n) is 6.63. The van der Waals surface area contributed by atoms with Gasteiger partial charge in [-0.3, -0.25) is 0 Å². The number of hydrogen-bond acceptors (Lipinski definition) is 6. The average molecular weight is 356 g/mol. The molecule has 1 aliphatic heterocycles. The van der Waals surface area contributed by atoms with Crippen LogP contribution in [0.15, 0.2) is 24.7 Å². The summed E-state index contributed by atoms with van der Waals surface area (Å²) in [6.07, 6.45) is 7.32. The van der Waals surface area contributed by atoms with Crippen LogP contribution in [0, 0.1) is 25.6 Å². The summed E-state index contributed by atoms with van der Waals surface area (Å²) in [7, 11) is 0. The van der Waals surface area contributed by atoms with Crippen LogP contribution in [-0.4, -0.2) is 44.3 Å². The van der Waals surface area contributed by atoms with Gasteiger partial charge in [0.15, 0.2) is 5.82 Å². The van der Waals surface area contributed by atoms with Crippen LogP contribution in [0.5, 0.6) is 5.88 Å². The van der Waals surface area contributed by atoms with Gasteiger partial charge >= 0.3 is 0 Å². The molecule has 1 saturated heterocycles. The van der Waals surface area contributed by atoms with Crippen LogP contribution in [0.1, 0.15) is 24.4 Å². The number of piperidine rings is 1. The Hall–Kier alpha value is -2.77. The zero-order valence-electron chi connectivity index (χ0n) is 14.9. The molecule has 136 valence electrons. The highest BCUT2D eigenvalue weighted by Gasteiger charge is 2.23. The lowest BCUT2D eigenvalue weighted by molar-refractivity contribution is 0.206. The quantitative estimate of drug-likeness (QED) is 0.716. The van der Waals surface area contributed by atoms with Gasteiger partial charge in [0, 0.05) is 25.5 Å². The Balaban J connectivity index is 1.38. The maximum Gasteiger partial charge on any atom is 0.254 e. The lowest BCUT2D eigenvalue weighted by atomic mass is 9.98. The minimum Gasteiger partial charge on any atom is -0.475 e. The van der Waals surface area contributed by atoms with Crippen molar-refractivity contribution >= 4 is 11.3 Å². The van der Waals surface area contributed by atoms with Crippen molar-refractivity contribution in [2.24, 2.45) is 5.92 Å². The maximum absolute atomic E-state index is 14.1. The maximum atomic E-state index is 14.1. The molecule has 0 aromatic carbocycles. The summed E-state index contributed by atoms with van der Waals surface area (Å²) in [5.41, 5.74) is 1.33. The van der Waals surface area contributed by atoms with E-state index < -0.39 is 5.82 Å². The highest BCUT2D eigenvalue weighted by molar-refractivity contribution is 5.68. The molecule has 1 aliphatic rings. The van der Waals surface area contributed by atoms with Gasteiger partial charge in [-0.05, 0) is 38.7 Å². The van der Waals surface area contributed by atoms with Crippen LogP contribution in [0.3, 0.4) is 0 Å². The van der Waals surface area contributed by atoms with Crippen LogP contribution in [0.25, 0.3) is 5.52 Å². The second-order valence-corrected chi connectivity index (χ2v) is 6.63. The van der Waals surface area contributed by atoms with E-state index >= 15 is 0 Å². The summed E-state index contributed by atoms with van der Waals surface area (Å²) < 4.78 is 21.6. The third-order valence-electron chi connectivity index (χ3n) is 4.77. The molecule has 0 unspecified atom stereocenters. The SMILES string of the molecule is Cc1nc(C)c(F)c(OCC2CCN(c3nccn4nccc34)CC2)n1. The average Bonchev–Trinajstić information content (AvgIpc) is 3.13. The molecule has 0 bridgehead atoms. The van der Waals surface area contributed by atoms with Gasteiger partial charge in [-0.15, -0.1) is 0 Å². The van der Waals surface area contributed by atoms with Crippen LogP contribution < -0.4 is 9.64 Å². The normalized spacial score (nSPS) is 15.6. The van der Waals surface area contributed by atoms with Crippen molar-refractivity contribution in [3.8, 4) is 5.88 Å². The number of aromatic nitrogens is 5. The predicted molar refractivity (Wildman–Crippen MR) is 94.9 cm³/mol. The van der Waals surface area contributed by atoms with E-state index in [1.165, 1.54) is 0 Å². The van der Waals surface area contributed by atoms with Crippen LogP contribution in [0.2, 0.25) is 0 Å². The van der Waals surface area contributed by atoms with Gasteiger partial charge in [0.25, 0.3) is 5.88 Å². The molecule has 0 amide bonds. The zero-order valence-corrected chi connectivity index (χ0v) is 14.9. The van der Waals surface area contributed by atoms with Crippen molar-refractivity contribution in [2.75, 3.05) is 24.6 Å². The number of rotatable bonds is 4. The van der Waals surface area contributed by atoms with Crippen molar-refractivity contribution < 1.29 is 9.13 Å². The van der Waals surface area contributed by atoms with Gasteiger partial charge in [0.1, 0.15) is 11.3 Å². The molecule has 26 heavy (non-hydrogen) atoms. The summed E-state index contributed by atoms with van der Waals surface area (Å²) in [5.74, 6) is 1.43. The monoisotopic (exact) mass is 356 g/mol. The molecule has 1 fully saturated rings. The Morgan fingerprint density at radius 2 is 2.00 bits per heavy atom. The molecule has 8 heteroatoms. The van der Waals surface area contributed by atoms with Gasteiger partial charge in [-0.25, -0.2) is 14.5 Å². The van der Waals surface area contributed by atoms with Crippen molar-refractivity contribution in [3.63, 3.8) is 0 Å². The Morgan fingerprint density at radius 3 is 2.81 bits per heavy atom. The second kappa shape index (κ2) is 6.86. The van der Waals surface area contributed by atoms with E-state index in [0.717, 1.165) is 37.3 Å². The predicted octanol–water partition coefficient (Wildman–Crippen LogP) is 2.57. The molecular weight excluding hydrogens is 335 g/mol. The first-order valence-electron chi connectivity index (χ1n) is 8.78. The largest absolute Gasteiger partial charge is 0.475 e. The van der Waals surface area contributed by atoms with E-state index in [1.54, 1.807) is 26.2 Å². The fourth-order valence-corrected chi connectivity index (χ4v) is 3.36. The standard InChI is InChI=1S/C18H21FN6O/c1-12-16(19)18(23-13(2)22-12)26-11-14-4-8-24(9-5-14)17-15-3-6-21-25(15)10-7-20-17/h3,6-7,10,14H,4-5,8-9,11H2,1-2H3. The molecule has 3 aromatic heterocycles. The van der Waals surface area contributed by atoms with Crippen molar-refractivity contribution in [1.29, 1.82) is 0 Å². The number of fused-ring (bicyclic) bond motifs is 1. The summed E-state index contributed by atoms with van der Waals surface area (Å²) in [6.45, 7) is 5.60. The molecule has 0 saturated carbocycles. The molecule has 4 heterocycles. The number of aryl methyl sites for hydroxylation is 2. The third-order valence-corrected chi connectivity index (χ3v) is 4.77. The van der Waals surface area contributed by atoms with E-state index in [1.807, 2.05) is 16.8 Å². The Kier molecular flexibility index (Phi) is 4.40. The molecule has 7 nitrogen and oxygen atoms in total. The van der Waals surface area contributed by atoms with Crippen molar-refractivity contribution in [2.45, 2.75) is 26.7 Å². The van der Waals surface area contributed by atoms with Gasteiger partial charge in [0.05, 0.1) is 18.5 Å². The molecule has 0 spiro atoms. The number of halogens is 1. The molecule has 0 N–H and O–H groups in total. The van der Waals surface area contributed by atoms with E-state index in [-0.39, 0.29) is 5.88 Å². The van der Waals surface area contributed by atoms with E-state index in [2.05, 4.69) is 25.0 Å². The molecule has 4 rings (SSSR count). The van der Waals surface area contributed by atoms with Crippen LogP contribution in [0.4, 0.5) is 10.2 Å². The number of nitrogens with zero attached hydrogens (tertiary/aromatic N) is 6. The first-order chi connectivity index (χ1) is 12.6. The van der Waals surface area contributed by atoms with Crippen molar-refractivity contribution in [1.82, 2.24) is 24.6 Å². The summed E-state index contributed by atoms with van der Waals surface area (Å²) in [4.78, 5) is 14.9. The lowest BCUT2D eigenvalue weighted by Crippen LogP contribution is -2.36. The number of hydrogen-bond donors (Lipinski definition) is 0. The Labute approximate surface area is 150 Å². The summed E-state index contributed by atoms with van der Waals surface area (Å²) >= 11 is 0. The fourth-order valence-electron chi connectivity index (χ4n) is 3.36. The minimum absolute atomic E-state index is 0.0584. The Morgan fingerprint density at radius 1 is 1.19 bits per heavy atom. The van der Waals surface area contributed by atoms with Gasteiger partial charge < -0.3 is 9.64 Å². The summed E-state index contributed by atoms with van der Waals surface area (Å²) in [6, 6.07) is 1.97. The lowest BCUT2D eigenvalue weighted by Gasteiger charge is -2.32. The van der Waals surface area contributed by atoms with E-state index in [4.69, 9.17) is 4.74 Å². The van der Waals surface area contributed by atoms with Crippen molar-refractivity contribution in [3.05, 3.63) is 42.0 Å². The molecule has 0 aliphatic carbocycles. The first kappa shape index (κ1) is 16.7. The highest BCUT2D eigenvalue weighted by atomic mass is 19.1. The summed E-state index contributed by atoms with van der Waals surface area (Å²) in [5, 5.41) is 4.26. The van der Waals surface area contributed by atoms with Gasteiger partial charge in [-0.2, -0.15) is 14.5 Å². The van der Waals surface area contributed by atoms with Gasteiger partial charge in [-0.1, -0.05) is 0 Å². The van der Waals surface area contributed by atoms with Crippen LogP contribution >= 0.6 is 0 Å². The highest BCUT2D eigenvalue weighted by Crippen LogP contribution is 2.26. The molecule has 0 atom stereocenters. The number of anilines is 1. The topological polar surface area (TPSA) is 68.4 Å². The van der Waals surface area contributed by atoms with E-state index in [0.29, 0.717) is 24.0 Å². The minimum atomic E-state index is -0.468. The number of ether oxygens (including phenoxy) is 1. The molecule has 0 radical (unpaired) electrons. The fraction of sp³-hybridized carbons (Fsp3) is 0.444. The van der Waals surface area contributed by atoms with Gasteiger partial charge in [0.2, 0.25) is 5.82 Å². The third kappa shape index (κ3) is 3.18. The molecule has 3 aromatic rings. The smallest absolute Gasteiger partial charge is 0.254 e. The zero-order chi connectivity index (χ0) is 18.1. The molecular formula is C18H21FN6O.